The third-order valence-electron chi connectivity index (χ3n) is 2.97. The van der Waals surface area contributed by atoms with E-state index in [1.165, 1.54) is 19.3 Å². The number of nitrogens with zero attached hydrogens (tertiary/aromatic N) is 3. The summed E-state index contributed by atoms with van der Waals surface area (Å²) in [4.78, 5) is 4.10. The Bertz CT molecular complexity index is 288. The molecule has 2 N–H and O–H groups in total. The van der Waals surface area contributed by atoms with Crippen molar-refractivity contribution in [2.45, 2.75) is 39.3 Å². The Morgan fingerprint density at radius 1 is 1.62 bits per heavy atom. The smallest absolute Gasteiger partial charge is 0.140 e. The van der Waals surface area contributed by atoms with Crippen LogP contribution in [0.25, 0.3) is 0 Å². The van der Waals surface area contributed by atoms with Gasteiger partial charge in [0.1, 0.15) is 12.2 Å². The predicted octanol–water partition coefficient (Wildman–Crippen LogP) is 0.927. The normalized spacial score (nSPS) is 19.8. The summed E-state index contributed by atoms with van der Waals surface area (Å²) in [6, 6.07) is 0. The van der Waals surface area contributed by atoms with E-state index in [9.17, 15) is 0 Å². The Balaban J connectivity index is 2.08. The van der Waals surface area contributed by atoms with Crippen LogP contribution in [-0.4, -0.2) is 14.8 Å². The molecule has 0 unspecified atom stereocenters. The molecule has 0 saturated heterocycles. The van der Waals surface area contributed by atoms with Gasteiger partial charge >= 0.3 is 0 Å². The van der Waals surface area contributed by atoms with E-state index >= 15 is 0 Å². The fourth-order valence-corrected chi connectivity index (χ4v) is 1.88. The van der Waals surface area contributed by atoms with E-state index in [4.69, 9.17) is 5.73 Å². The number of nitrogens with two attached hydrogens (primary N) is 1. The summed E-state index contributed by atoms with van der Waals surface area (Å²) in [5.41, 5.74) is 5.99. The third-order valence-corrected chi connectivity index (χ3v) is 2.97. The van der Waals surface area contributed by atoms with Gasteiger partial charge in [-0.3, -0.25) is 0 Å². The standard InChI is InChI=1S/C9H16N4/c1-9(3-2-4-9)6-13-8(5-10)11-7-12-13/h7H,2-6,10H2,1H3. The predicted molar refractivity (Wildman–Crippen MR) is 49.9 cm³/mol. The van der Waals surface area contributed by atoms with Crippen molar-refractivity contribution in [2.24, 2.45) is 11.1 Å². The second-order valence-electron chi connectivity index (χ2n) is 4.20. The molecule has 1 aliphatic rings. The van der Waals surface area contributed by atoms with E-state index in [-0.39, 0.29) is 0 Å². The monoisotopic (exact) mass is 180 g/mol. The van der Waals surface area contributed by atoms with Crippen LogP contribution < -0.4 is 5.73 Å². The van der Waals surface area contributed by atoms with Crippen molar-refractivity contribution >= 4 is 0 Å². The minimum atomic E-state index is 0.442. The van der Waals surface area contributed by atoms with Crippen molar-refractivity contribution in [1.29, 1.82) is 0 Å². The molecule has 4 heteroatoms. The Kier molecular flexibility index (Phi) is 2.07. The number of aromatic nitrogens is 3. The highest BCUT2D eigenvalue weighted by Gasteiger charge is 2.32. The molecular formula is C9H16N4. The molecule has 1 aromatic heterocycles. The van der Waals surface area contributed by atoms with Gasteiger partial charge in [0.25, 0.3) is 0 Å². The summed E-state index contributed by atoms with van der Waals surface area (Å²) >= 11 is 0. The summed E-state index contributed by atoms with van der Waals surface area (Å²) in [6.07, 6.45) is 5.54. The summed E-state index contributed by atoms with van der Waals surface area (Å²) in [7, 11) is 0. The zero-order valence-corrected chi connectivity index (χ0v) is 8.03. The molecule has 1 aliphatic carbocycles. The van der Waals surface area contributed by atoms with Gasteiger partial charge in [-0.2, -0.15) is 5.10 Å². The molecule has 72 valence electrons. The molecule has 1 aromatic rings. The van der Waals surface area contributed by atoms with E-state index in [0.717, 1.165) is 12.4 Å². The van der Waals surface area contributed by atoms with Crippen LogP contribution in [0.1, 0.15) is 32.0 Å². The van der Waals surface area contributed by atoms with Gasteiger partial charge in [-0.05, 0) is 18.3 Å². The zero-order valence-electron chi connectivity index (χ0n) is 8.03. The van der Waals surface area contributed by atoms with Gasteiger partial charge in [0.05, 0.1) is 6.54 Å². The van der Waals surface area contributed by atoms with Crippen molar-refractivity contribution in [3.05, 3.63) is 12.2 Å². The van der Waals surface area contributed by atoms with Gasteiger partial charge in [0.15, 0.2) is 0 Å². The highest BCUT2D eigenvalue weighted by Crippen LogP contribution is 2.41. The average molecular weight is 180 g/mol. The topological polar surface area (TPSA) is 56.7 Å². The molecule has 2 rings (SSSR count). The first-order chi connectivity index (χ1) is 6.23. The molecule has 0 radical (unpaired) electrons. The molecule has 0 atom stereocenters. The van der Waals surface area contributed by atoms with Gasteiger partial charge in [-0.25, -0.2) is 9.67 Å². The highest BCUT2D eigenvalue weighted by atomic mass is 15.3. The summed E-state index contributed by atoms with van der Waals surface area (Å²) in [5.74, 6) is 0.896. The van der Waals surface area contributed by atoms with Gasteiger partial charge < -0.3 is 5.73 Å². The van der Waals surface area contributed by atoms with Gasteiger partial charge in [0.2, 0.25) is 0 Å². The van der Waals surface area contributed by atoms with Crippen LogP contribution in [0, 0.1) is 5.41 Å². The van der Waals surface area contributed by atoms with Crippen LogP contribution in [0.5, 0.6) is 0 Å². The van der Waals surface area contributed by atoms with E-state index in [0.29, 0.717) is 12.0 Å². The number of rotatable bonds is 3. The Labute approximate surface area is 78.1 Å². The lowest BCUT2D eigenvalue weighted by atomic mass is 9.70. The first-order valence-electron chi connectivity index (χ1n) is 4.80. The second-order valence-corrected chi connectivity index (χ2v) is 4.20. The lowest BCUT2D eigenvalue weighted by Crippen LogP contribution is -2.32. The van der Waals surface area contributed by atoms with Crippen molar-refractivity contribution in [1.82, 2.24) is 14.8 Å². The number of hydrogen-bond acceptors (Lipinski definition) is 3. The molecule has 1 fully saturated rings. The molecule has 0 aliphatic heterocycles. The molecule has 0 spiro atoms. The van der Waals surface area contributed by atoms with Crippen LogP contribution in [0.4, 0.5) is 0 Å². The van der Waals surface area contributed by atoms with Crippen LogP contribution in [-0.2, 0) is 13.1 Å². The molecule has 4 nitrogen and oxygen atoms in total. The molecular weight excluding hydrogens is 164 g/mol. The van der Waals surface area contributed by atoms with Crippen LogP contribution in [0.3, 0.4) is 0 Å². The van der Waals surface area contributed by atoms with E-state index < -0.39 is 0 Å². The SMILES string of the molecule is CC1(Cn2ncnc2CN)CCC1. The summed E-state index contributed by atoms with van der Waals surface area (Å²) in [5, 5.41) is 4.18. The van der Waals surface area contributed by atoms with E-state index in [1.54, 1.807) is 6.33 Å². The van der Waals surface area contributed by atoms with E-state index in [2.05, 4.69) is 17.0 Å². The minimum Gasteiger partial charge on any atom is -0.324 e. The lowest BCUT2D eigenvalue weighted by Gasteiger charge is -2.38. The Morgan fingerprint density at radius 3 is 2.92 bits per heavy atom. The summed E-state index contributed by atoms with van der Waals surface area (Å²) < 4.78 is 1.94. The molecule has 0 bridgehead atoms. The minimum absolute atomic E-state index is 0.442. The molecule has 1 heterocycles. The van der Waals surface area contributed by atoms with Gasteiger partial charge in [0, 0.05) is 6.54 Å². The molecule has 13 heavy (non-hydrogen) atoms. The molecule has 0 amide bonds. The van der Waals surface area contributed by atoms with Crippen molar-refractivity contribution < 1.29 is 0 Å². The first-order valence-corrected chi connectivity index (χ1v) is 4.80. The summed E-state index contributed by atoms with van der Waals surface area (Å²) in [6.45, 7) is 3.76. The zero-order chi connectivity index (χ0) is 9.31. The van der Waals surface area contributed by atoms with Crippen LogP contribution in [0.2, 0.25) is 0 Å². The van der Waals surface area contributed by atoms with Crippen molar-refractivity contribution in [2.75, 3.05) is 0 Å². The van der Waals surface area contributed by atoms with E-state index in [1.807, 2.05) is 4.68 Å². The fraction of sp³-hybridized carbons (Fsp3) is 0.778. The molecule has 0 aromatic carbocycles. The Morgan fingerprint density at radius 2 is 2.38 bits per heavy atom. The quantitative estimate of drug-likeness (QED) is 0.752. The first kappa shape index (κ1) is 8.69. The van der Waals surface area contributed by atoms with Gasteiger partial charge in [-0.1, -0.05) is 13.3 Å². The maximum atomic E-state index is 5.55. The van der Waals surface area contributed by atoms with Gasteiger partial charge in [-0.15, -0.1) is 0 Å². The second kappa shape index (κ2) is 3.10. The van der Waals surface area contributed by atoms with Crippen LogP contribution >= 0.6 is 0 Å². The fourth-order valence-electron chi connectivity index (χ4n) is 1.88. The largest absolute Gasteiger partial charge is 0.324 e. The maximum absolute atomic E-state index is 5.55. The lowest BCUT2D eigenvalue weighted by molar-refractivity contribution is 0.124. The van der Waals surface area contributed by atoms with Crippen molar-refractivity contribution in [3.8, 4) is 0 Å². The number of hydrogen-bond donors (Lipinski definition) is 1. The third kappa shape index (κ3) is 1.58. The Hall–Kier alpha value is -0.900. The van der Waals surface area contributed by atoms with Crippen LogP contribution in [0.15, 0.2) is 6.33 Å². The highest BCUT2D eigenvalue weighted by molar-refractivity contribution is 4.89. The maximum Gasteiger partial charge on any atom is 0.140 e. The molecule has 1 saturated carbocycles. The van der Waals surface area contributed by atoms with Crippen molar-refractivity contribution in [3.63, 3.8) is 0 Å². The average Bonchev–Trinajstić information content (AvgIpc) is 2.49.